The van der Waals surface area contributed by atoms with Crippen LogP contribution in [-0.4, -0.2) is 68.2 Å². The van der Waals surface area contributed by atoms with Gasteiger partial charge in [0.05, 0.1) is 12.7 Å². The van der Waals surface area contributed by atoms with Crippen LogP contribution in [0.2, 0.25) is 0 Å². The van der Waals surface area contributed by atoms with Gasteiger partial charge in [0.1, 0.15) is 16.5 Å². The van der Waals surface area contributed by atoms with Crippen molar-refractivity contribution < 1.29 is 9.53 Å². The topological polar surface area (TPSA) is 106 Å². The Bertz CT molecular complexity index is 761. The molecular formula is C12H11N6NaO2S. The number of ether oxygens (including phenoxy) is 1. The van der Waals surface area contributed by atoms with Gasteiger partial charge in [-0.1, -0.05) is 17.2 Å². The van der Waals surface area contributed by atoms with Crippen molar-refractivity contribution in [2.45, 2.75) is 0 Å². The number of nitrogens with one attached hydrogen (secondary N) is 2. The molecule has 0 radical (unpaired) electrons. The van der Waals surface area contributed by atoms with Crippen molar-refractivity contribution in [2.75, 3.05) is 12.4 Å². The van der Waals surface area contributed by atoms with E-state index in [1.54, 1.807) is 12.5 Å². The predicted octanol–water partition coefficient (Wildman–Crippen LogP) is 0.936. The van der Waals surface area contributed by atoms with Crippen molar-refractivity contribution >= 4 is 52.7 Å². The zero-order chi connectivity index (χ0) is 14.7. The second-order valence-electron chi connectivity index (χ2n) is 3.94. The first-order valence-electron chi connectivity index (χ1n) is 5.92. The molecule has 3 aromatic rings. The van der Waals surface area contributed by atoms with Gasteiger partial charge in [0.15, 0.2) is 0 Å². The summed E-state index contributed by atoms with van der Waals surface area (Å²) in [5.41, 5.74) is 1.13. The van der Waals surface area contributed by atoms with Gasteiger partial charge in [0.25, 0.3) is 5.91 Å². The molecule has 0 aliphatic carbocycles. The molecule has 0 fully saturated rings. The van der Waals surface area contributed by atoms with E-state index in [-0.39, 0.29) is 47.1 Å². The van der Waals surface area contributed by atoms with Gasteiger partial charge in [-0.15, -0.1) is 11.3 Å². The summed E-state index contributed by atoms with van der Waals surface area (Å²) < 4.78 is 5.29. The summed E-state index contributed by atoms with van der Waals surface area (Å²) in [5, 5.41) is 17.7. The van der Waals surface area contributed by atoms with E-state index in [2.05, 4.69) is 30.9 Å². The van der Waals surface area contributed by atoms with Crippen LogP contribution in [0, 0.1) is 0 Å². The van der Waals surface area contributed by atoms with E-state index >= 15 is 0 Å². The molecule has 2 aromatic heterocycles. The Labute approximate surface area is 151 Å². The number of thiazole rings is 1. The van der Waals surface area contributed by atoms with E-state index in [0.717, 1.165) is 5.56 Å². The van der Waals surface area contributed by atoms with Crippen molar-refractivity contribution in [3.8, 4) is 16.3 Å². The number of carbonyl (C=O) groups is 1. The molecule has 1 amide bonds. The molecule has 0 bridgehead atoms. The Morgan fingerprint density at radius 3 is 2.91 bits per heavy atom. The minimum atomic E-state index is -0.383. The monoisotopic (exact) mass is 326 g/mol. The first-order chi connectivity index (χ1) is 10.3. The number of methoxy groups -OCH3 is 1. The molecular weight excluding hydrogens is 315 g/mol. The molecule has 22 heavy (non-hydrogen) atoms. The standard InChI is InChI=1S/C12H10N6O2S.Na.H/c1-20-9-5-3-2-4-7(9)11-13-8(6-21-11)10(19)14-12-15-17-18-16-12;;/h2-6H,1H3,(H2,14,15,16,17,18,19);;. The first kappa shape index (κ1) is 16.6. The van der Waals surface area contributed by atoms with Crippen molar-refractivity contribution in [1.29, 1.82) is 0 Å². The van der Waals surface area contributed by atoms with Crippen LogP contribution in [0.3, 0.4) is 0 Å². The van der Waals surface area contributed by atoms with E-state index < -0.39 is 0 Å². The quantitative estimate of drug-likeness (QED) is 0.691. The molecule has 2 heterocycles. The van der Waals surface area contributed by atoms with Crippen molar-refractivity contribution in [3.05, 3.63) is 35.3 Å². The third-order valence-electron chi connectivity index (χ3n) is 2.65. The number of anilines is 1. The Hall–Kier alpha value is -1.81. The Balaban J connectivity index is 0.00000176. The summed E-state index contributed by atoms with van der Waals surface area (Å²) in [4.78, 5) is 16.3. The van der Waals surface area contributed by atoms with Crippen LogP contribution in [-0.2, 0) is 0 Å². The maximum absolute atomic E-state index is 12.0. The molecule has 10 heteroatoms. The average molecular weight is 326 g/mol. The van der Waals surface area contributed by atoms with Gasteiger partial charge >= 0.3 is 29.6 Å². The summed E-state index contributed by atoms with van der Waals surface area (Å²) in [7, 11) is 1.59. The number of tetrazole rings is 1. The molecule has 3 rings (SSSR count). The second kappa shape index (κ2) is 7.45. The SMILES string of the molecule is COc1ccccc1-c1nc(C(=O)Nc2nnn[nH]2)cs1.[NaH]. The van der Waals surface area contributed by atoms with E-state index in [9.17, 15) is 4.79 Å². The second-order valence-corrected chi connectivity index (χ2v) is 4.80. The Kier molecular flexibility index (Phi) is 5.61. The van der Waals surface area contributed by atoms with Gasteiger partial charge in [0, 0.05) is 5.38 Å². The average Bonchev–Trinajstić information content (AvgIpc) is 3.18. The summed E-state index contributed by atoms with van der Waals surface area (Å²) in [5.74, 6) is 0.496. The molecule has 0 atom stereocenters. The molecule has 8 nitrogen and oxygen atoms in total. The van der Waals surface area contributed by atoms with Crippen LogP contribution >= 0.6 is 11.3 Å². The minimum absolute atomic E-state index is 0. The number of benzene rings is 1. The molecule has 0 saturated carbocycles. The number of aromatic amines is 1. The van der Waals surface area contributed by atoms with Crippen LogP contribution in [0.25, 0.3) is 10.6 Å². The third-order valence-corrected chi connectivity index (χ3v) is 3.53. The fourth-order valence-corrected chi connectivity index (χ4v) is 2.54. The van der Waals surface area contributed by atoms with Crippen molar-refractivity contribution in [3.63, 3.8) is 0 Å². The normalized spacial score (nSPS) is 9.86. The molecule has 0 saturated heterocycles. The van der Waals surface area contributed by atoms with Crippen molar-refractivity contribution in [1.82, 2.24) is 25.6 Å². The third kappa shape index (κ3) is 3.50. The maximum atomic E-state index is 12.0. The van der Waals surface area contributed by atoms with Crippen molar-refractivity contribution in [2.24, 2.45) is 0 Å². The zero-order valence-corrected chi connectivity index (χ0v) is 11.7. The van der Waals surface area contributed by atoms with E-state index in [1.165, 1.54) is 11.3 Å². The van der Waals surface area contributed by atoms with Crippen LogP contribution in [0.4, 0.5) is 5.95 Å². The zero-order valence-electron chi connectivity index (χ0n) is 10.9. The number of aromatic nitrogens is 5. The molecule has 0 aliphatic rings. The molecule has 2 N–H and O–H groups in total. The van der Waals surface area contributed by atoms with Crippen LogP contribution in [0.15, 0.2) is 29.6 Å². The van der Waals surface area contributed by atoms with Crippen LogP contribution in [0.1, 0.15) is 10.5 Å². The molecule has 0 spiro atoms. The molecule has 1 aromatic carbocycles. The molecule has 0 aliphatic heterocycles. The van der Waals surface area contributed by atoms with Gasteiger partial charge < -0.3 is 4.74 Å². The van der Waals surface area contributed by atoms with Gasteiger partial charge in [-0.2, -0.15) is 0 Å². The molecule has 108 valence electrons. The van der Waals surface area contributed by atoms with Gasteiger partial charge in [-0.05, 0) is 22.6 Å². The van der Waals surface area contributed by atoms with Crippen LogP contribution < -0.4 is 10.1 Å². The fraction of sp³-hybridized carbons (Fsp3) is 0.0833. The van der Waals surface area contributed by atoms with Gasteiger partial charge in [0.2, 0.25) is 5.95 Å². The van der Waals surface area contributed by atoms with Gasteiger partial charge in [-0.3, -0.25) is 10.1 Å². The summed E-state index contributed by atoms with van der Waals surface area (Å²) in [6, 6.07) is 7.50. The van der Waals surface area contributed by atoms with Crippen LogP contribution in [0.5, 0.6) is 5.75 Å². The fourth-order valence-electron chi connectivity index (χ4n) is 1.71. The van der Waals surface area contributed by atoms with E-state index in [0.29, 0.717) is 10.8 Å². The number of hydrogen-bond acceptors (Lipinski definition) is 7. The number of hydrogen-bond donors (Lipinski definition) is 2. The van der Waals surface area contributed by atoms with Gasteiger partial charge in [-0.25, -0.2) is 10.1 Å². The molecule has 0 unspecified atom stereocenters. The number of para-hydroxylation sites is 1. The number of amides is 1. The van der Waals surface area contributed by atoms with E-state index in [1.807, 2.05) is 24.3 Å². The Morgan fingerprint density at radius 2 is 2.18 bits per heavy atom. The number of nitrogens with zero attached hydrogens (tertiary/aromatic N) is 4. The number of H-pyrrole nitrogens is 1. The summed E-state index contributed by atoms with van der Waals surface area (Å²) >= 11 is 1.36. The summed E-state index contributed by atoms with van der Waals surface area (Å²) in [6.45, 7) is 0. The van der Waals surface area contributed by atoms with E-state index in [4.69, 9.17) is 4.74 Å². The summed E-state index contributed by atoms with van der Waals surface area (Å²) in [6.07, 6.45) is 0. The number of carbonyl (C=O) groups excluding carboxylic acids is 1. The first-order valence-corrected chi connectivity index (χ1v) is 6.80. The Morgan fingerprint density at radius 1 is 1.36 bits per heavy atom. The number of rotatable bonds is 4. The predicted molar refractivity (Wildman–Crippen MR) is 83.4 cm³/mol.